The molecule has 2 aliphatic rings. The van der Waals surface area contributed by atoms with Gasteiger partial charge >= 0.3 is 0 Å². The summed E-state index contributed by atoms with van der Waals surface area (Å²) in [7, 11) is -3.90. The van der Waals surface area contributed by atoms with Crippen LogP contribution in [0.5, 0.6) is 0 Å². The summed E-state index contributed by atoms with van der Waals surface area (Å²) in [5.74, 6) is -0.334. The van der Waals surface area contributed by atoms with Gasteiger partial charge in [-0.25, -0.2) is 8.42 Å². The minimum atomic E-state index is -3.90. The average Bonchev–Trinajstić information content (AvgIpc) is 3.23. The van der Waals surface area contributed by atoms with E-state index in [-0.39, 0.29) is 34.8 Å². The second kappa shape index (κ2) is 7.84. The molecule has 0 unspecified atom stereocenters. The number of amides is 2. The van der Waals surface area contributed by atoms with Gasteiger partial charge in [0.2, 0.25) is 15.9 Å². The molecular weight excluding hydrogens is 408 g/mol. The van der Waals surface area contributed by atoms with E-state index in [0.29, 0.717) is 24.1 Å². The van der Waals surface area contributed by atoms with Crippen molar-refractivity contribution in [1.29, 1.82) is 0 Å². The largest absolute Gasteiger partial charge is 0.360 e. The fourth-order valence-corrected chi connectivity index (χ4v) is 5.63. The zero-order valence-corrected chi connectivity index (χ0v) is 17.7. The molecule has 2 fully saturated rings. The first kappa shape index (κ1) is 20.5. The molecule has 0 spiro atoms. The number of aryl methyl sites for hydroxylation is 2. The molecule has 10 heteroatoms. The highest BCUT2D eigenvalue weighted by Gasteiger charge is 2.41. The Morgan fingerprint density at radius 3 is 2.43 bits per heavy atom. The maximum atomic E-state index is 13.1. The van der Waals surface area contributed by atoms with Crippen molar-refractivity contribution < 1.29 is 22.5 Å². The molecule has 9 nitrogen and oxygen atoms in total. The molecule has 2 heterocycles. The minimum Gasteiger partial charge on any atom is -0.360 e. The number of hydrogen-bond donors (Lipinski definition) is 2. The number of rotatable bonds is 6. The van der Waals surface area contributed by atoms with Crippen molar-refractivity contribution in [2.45, 2.75) is 56.5 Å². The maximum absolute atomic E-state index is 13.1. The highest BCUT2D eigenvalue weighted by atomic mass is 32.2. The summed E-state index contributed by atoms with van der Waals surface area (Å²) in [5.41, 5.74) is 1.30. The lowest BCUT2D eigenvalue weighted by atomic mass is 10.1. The van der Waals surface area contributed by atoms with E-state index in [9.17, 15) is 18.0 Å². The Balaban J connectivity index is 1.47. The summed E-state index contributed by atoms with van der Waals surface area (Å²) in [6, 6.07) is 6.01. The van der Waals surface area contributed by atoms with Gasteiger partial charge in [0.25, 0.3) is 5.91 Å². The minimum absolute atomic E-state index is 0.0215. The molecule has 1 saturated carbocycles. The summed E-state index contributed by atoms with van der Waals surface area (Å²) < 4.78 is 32.5. The van der Waals surface area contributed by atoms with Gasteiger partial charge in [-0.15, -0.1) is 0 Å². The first-order chi connectivity index (χ1) is 14.3. The number of aromatic nitrogens is 1. The summed E-state index contributed by atoms with van der Waals surface area (Å²) in [6.07, 6.45) is 3.03. The molecule has 0 bridgehead atoms. The summed E-state index contributed by atoms with van der Waals surface area (Å²) >= 11 is 0. The van der Waals surface area contributed by atoms with Crippen LogP contribution in [0.25, 0.3) is 0 Å². The van der Waals surface area contributed by atoms with E-state index < -0.39 is 22.0 Å². The van der Waals surface area contributed by atoms with E-state index in [1.165, 1.54) is 4.31 Å². The van der Waals surface area contributed by atoms with Gasteiger partial charge in [-0.05, 0) is 63.8 Å². The third-order valence-electron chi connectivity index (χ3n) is 5.37. The number of sulfonamides is 1. The fraction of sp³-hybridized carbons (Fsp3) is 0.450. The van der Waals surface area contributed by atoms with E-state index in [2.05, 4.69) is 15.8 Å². The quantitative estimate of drug-likeness (QED) is 0.720. The Bertz CT molecular complexity index is 1050. The predicted molar refractivity (Wildman–Crippen MR) is 108 cm³/mol. The van der Waals surface area contributed by atoms with Crippen LogP contribution in [-0.2, 0) is 14.8 Å². The Kier molecular flexibility index (Phi) is 5.37. The van der Waals surface area contributed by atoms with Gasteiger partial charge < -0.3 is 15.2 Å². The summed E-state index contributed by atoms with van der Waals surface area (Å²) in [6.45, 7) is 3.36. The number of carbonyl (C=O) groups is 2. The highest BCUT2D eigenvalue weighted by molar-refractivity contribution is 7.89. The van der Waals surface area contributed by atoms with Crippen molar-refractivity contribution in [2.24, 2.45) is 0 Å². The number of anilines is 1. The van der Waals surface area contributed by atoms with Crippen molar-refractivity contribution in [3.8, 4) is 0 Å². The molecule has 1 aromatic heterocycles. The Morgan fingerprint density at radius 1 is 1.13 bits per heavy atom. The Labute approximate surface area is 174 Å². The number of hydrogen-bond acceptors (Lipinski definition) is 6. The molecule has 1 saturated heterocycles. The molecule has 2 aromatic rings. The number of nitrogens with zero attached hydrogens (tertiary/aromatic N) is 2. The Hall–Kier alpha value is -2.72. The van der Waals surface area contributed by atoms with Crippen molar-refractivity contribution in [3.63, 3.8) is 0 Å². The molecular formula is C20H24N4O5S. The van der Waals surface area contributed by atoms with E-state index in [4.69, 9.17) is 4.52 Å². The van der Waals surface area contributed by atoms with Crippen molar-refractivity contribution in [3.05, 3.63) is 41.3 Å². The molecule has 2 N–H and O–H groups in total. The first-order valence-corrected chi connectivity index (χ1v) is 11.4. The van der Waals surface area contributed by atoms with Gasteiger partial charge in [-0.1, -0.05) is 5.16 Å². The lowest BCUT2D eigenvalue weighted by Crippen LogP contribution is -2.43. The molecule has 2 amide bonds. The third kappa shape index (κ3) is 3.97. The summed E-state index contributed by atoms with van der Waals surface area (Å²) in [4.78, 5) is 24.9. The zero-order chi connectivity index (χ0) is 21.5. The summed E-state index contributed by atoms with van der Waals surface area (Å²) in [5, 5.41) is 9.39. The van der Waals surface area contributed by atoms with Gasteiger partial charge in [0.05, 0.1) is 0 Å². The number of carbonyl (C=O) groups excluding carboxylic acids is 2. The average molecular weight is 433 g/mol. The SMILES string of the molecule is Cc1noc(C)c1S(=O)(=O)N1CCC[C@H]1C(=O)Nc1ccc(C(=O)NC2CC2)cc1. The van der Waals surface area contributed by atoms with Gasteiger partial charge in [-0.2, -0.15) is 4.31 Å². The molecule has 1 atom stereocenters. The van der Waals surface area contributed by atoms with Crippen LogP contribution in [0.15, 0.2) is 33.7 Å². The van der Waals surface area contributed by atoms with Gasteiger partial charge in [0, 0.05) is 23.8 Å². The normalized spacial score (nSPS) is 19.6. The van der Waals surface area contributed by atoms with Crippen LogP contribution >= 0.6 is 0 Å². The van der Waals surface area contributed by atoms with Crippen LogP contribution in [0, 0.1) is 13.8 Å². The van der Waals surface area contributed by atoms with E-state index in [0.717, 1.165) is 12.8 Å². The number of benzene rings is 1. The van der Waals surface area contributed by atoms with Crippen LogP contribution < -0.4 is 10.6 Å². The second-order valence-corrected chi connectivity index (χ2v) is 9.57. The first-order valence-electron chi connectivity index (χ1n) is 9.94. The van der Waals surface area contributed by atoms with Crippen LogP contribution in [-0.4, -0.2) is 48.3 Å². The molecule has 4 rings (SSSR count). The molecule has 1 aliphatic carbocycles. The van der Waals surface area contributed by atoms with Crippen LogP contribution in [0.1, 0.15) is 47.5 Å². The van der Waals surface area contributed by atoms with Crippen molar-refractivity contribution in [2.75, 3.05) is 11.9 Å². The zero-order valence-electron chi connectivity index (χ0n) is 16.8. The predicted octanol–water partition coefficient (Wildman–Crippen LogP) is 1.98. The van der Waals surface area contributed by atoms with E-state index in [1.807, 2.05) is 0 Å². The van der Waals surface area contributed by atoms with Gasteiger partial charge in [0.15, 0.2) is 5.76 Å². The fourth-order valence-electron chi connectivity index (χ4n) is 3.68. The van der Waals surface area contributed by atoms with Crippen molar-refractivity contribution in [1.82, 2.24) is 14.8 Å². The maximum Gasteiger partial charge on any atom is 0.251 e. The lowest BCUT2D eigenvalue weighted by molar-refractivity contribution is -0.119. The second-order valence-electron chi connectivity index (χ2n) is 7.74. The number of nitrogens with one attached hydrogen (secondary N) is 2. The molecule has 30 heavy (non-hydrogen) atoms. The van der Waals surface area contributed by atoms with Crippen molar-refractivity contribution >= 4 is 27.5 Å². The standard InChI is InChI=1S/C20H24N4O5S/c1-12-18(13(2)29-23-12)30(27,28)24-11-3-4-17(24)20(26)22-15-7-5-14(6-8-15)19(25)21-16-9-10-16/h5-8,16-17H,3-4,9-11H2,1-2H3,(H,21,25)(H,22,26)/t17-/m0/s1. The van der Waals surface area contributed by atoms with Gasteiger partial charge in [0.1, 0.15) is 16.6 Å². The van der Waals surface area contributed by atoms with E-state index >= 15 is 0 Å². The molecule has 0 radical (unpaired) electrons. The third-order valence-corrected chi connectivity index (χ3v) is 7.52. The smallest absolute Gasteiger partial charge is 0.251 e. The topological polar surface area (TPSA) is 122 Å². The molecule has 1 aliphatic heterocycles. The van der Waals surface area contributed by atoms with Gasteiger partial charge in [-0.3, -0.25) is 9.59 Å². The lowest BCUT2D eigenvalue weighted by Gasteiger charge is -2.23. The molecule has 1 aromatic carbocycles. The molecule has 160 valence electrons. The van der Waals surface area contributed by atoms with Crippen LogP contribution in [0.4, 0.5) is 5.69 Å². The highest BCUT2D eigenvalue weighted by Crippen LogP contribution is 2.30. The van der Waals surface area contributed by atoms with Crippen LogP contribution in [0.2, 0.25) is 0 Å². The monoisotopic (exact) mass is 432 g/mol. The van der Waals surface area contributed by atoms with E-state index in [1.54, 1.807) is 38.1 Å². The Morgan fingerprint density at radius 2 is 1.83 bits per heavy atom. The van der Waals surface area contributed by atoms with Crippen LogP contribution in [0.3, 0.4) is 0 Å².